The van der Waals surface area contributed by atoms with Crippen molar-refractivity contribution in [3.63, 3.8) is 0 Å². The largest absolute Gasteiger partial charge is 0.463 e. The molecule has 0 unspecified atom stereocenters. The summed E-state index contributed by atoms with van der Waals surface area (Å²) in [5.74, 6) is -0.419. The molecule has 1 heterocycles. The van der Waals surface area contributed by atoms with Crippen molar-refractivity contribution < 1.29 is 22.7 Å². The Kier molecular flexibility index (Phi) is 6.36. The molecule has 0 N–H and O–H groups in total. The number of benzene rings is 2. The lowest BCUT2D eigenvalue weighted by molar-refractivity contribution is -0.138. The highest BCUT2D eigenvalue weighted by molar-refractivity contribution is 7.80. The van der Waals surface area contributed by atoms with Crippen LogP contribution in [0.2, 0.25) is 0 Å². The van der Waals surface area contributed by atoms with Crippen LogP contribution in [0, 0.1) is 11.3 Å². The number of esters is 1. The fraction of sp³-hybridized carbons (Fsp3) is 0.320. The van der Waals surface area contributed by atoms with Crippen LogP contribution in [0.3, 0.4) is 0 Å². The van der Waals surface area contributed by atoms with Crippen molar-refractivity contribution in [3.05, 3.63) is 65.2 Å². The number of carbonyl (C=O) groups is 1. The van der Waals surface area contributed by atoms with E-state index in [1.165, 1.54) is 18.2 Å². The van der Waals surface area contributed by atoms with Gasteiger partial charge in [-0.1, -0.05) is 12.1 Å². The highest BCUT2D eigenvalue weighted by Crippen LogP contribution is 2.47. The van der Waals surface area contributed by atoms with Gasteiger partial charge < -0.3 is 14.5 Å². The Morgan fingerprint density at radius 3 is 2.44 bits per heavy atom. The van der Waals surface area contributed by atoms with E-state index < -0.39 is 23.3 Å². The van der Waals surface area contributed by atoms with Gasteiger partial charge in [0, 0.05) is 24.0 Å². The molecular formula is C25H22F3N3O2S. The zero-order chi connectivity index (χ0) is 24.5. The highest BCUT2D eigenvalue weighted by atomic mass is 32.1. The SMILES string of the molecule is CCOC(=O)/C=C/c1ccc(N2C(=S)N(c3ccc(C#N)c(C(F)(F)F)c3)CC23CCC3)cc1. The Labute approximate surface area is 201 Å². The van der Waals surface area contributed by atoms with Crippen LogP contribution in [0.1, 0.15) is 42.9 Å². The maximum atomic E-state index is 13.5. The second kappa shape index (κ2) is 9.11. The van der Waals surface area contributed by atoms with Crippen molar-refractivity contribution in [2.75, 3.05) is 23.0 Å². The third kappa shape index (κ3) is 4.38. The van der Waals surface area contributed by atoms with Crippen molar-refractivity contribution in [2.45, 2.75) is 37.9 Å². The van der Waals surface area contributed by atoms with E-state index in [1.807, 2.05) is 29.2 Å². The van der Waals surface area contributed by atoms with E-state index in [-0.39, 0.29) is 5.54 Å². The second-order valence-corrected chi connectivity index (χ2v) is 8.66. The Balaban J connectivity index is 1.63. The molecule has 1 aliphatic carbocycles. The molecule has 2 aliphatic rings. The lowest BCUT2D eigenvalue weighted by Crippen LogP contribution is -2.52. The molecule has 9 heteroatoms. The van der Waals surface area contributed by atoms with Gasteiger partial charge in [0.1, 0.15) is 0 Å². The molecule has 1 saturated carbocycles. The summed E-state index contributed by atoms with van der Waals surface area (Å²) in [6.07, 6.45) is 1.13. The van der Waals surface area contributed by atoms with Gasteiger partial charge in [-0.2, -0.15) is 18.4 Å². The number of anilines is 2. The number of hydrogen-bond acceptors (Lipinski definition) is 4. The van der Waals surface area contributed by atoms with E-state index in [2.05, 4.69) is 0 Å². The molecule has 0 amide bonds. The van der Waals surface area contributed by atoms with Crippen molar-refractivity contribution >= 4 is 40.8 Å². The third-order valence-corrected chi connectivity index (χ3v) is 6.63. The number of thiocarbonyl (C=S) groups is 1. The van der Waals surface area contributed by atoms with Gasteiger partial charge in [0.25, 0.3) is 0 Å². The summed E-state index contributed by atoms with van der Waals surface area (Å²) < 4.78 is 45.4. The van der Waals surface area contributed by atoms with Crippen LogP contribution in [0.25, 0.3) is 6.08 Å². The van der Waals surface area contributed by atoms with Crippen LogP contribution in [0.15, 0.2) is 48.5 Å². The predicted octanol–water partition coefficient (Wildman–Crippen LogP) is 5.69. The molecule has 0 aromatic heterocycles. The minimum Gasteiger partial charge on any atom is -0.463 e. The van der Waals surface area contributed by atoms with Crippen LogP contribution in [0.5, 0.6) is 0 Å². The Bertz CT molecular complexity index is 1180. The Hall–Kier alpha value is -3.38. The average Bonchev–Trinajstić information content (AvgIpc) is 3.11. The summed E-state index contributed by atoms with van der Waals surface area (Å²) in [4.78, 5) is 15.3. The smallest absolute Gasteiger partial charge is 0.417 e. The second-order valence-electron chi connectivity index (χ2n) is 8.30. The highest BCUT2D eigenvalue weighted by Gasteiger charge is 2.52. The van der Waals surface area contributed by atoms with Crippen molar-refractivity contribution in [1.82, 2.24) is 0 Å². The van der Waals surface area contributed by atoms with Crippen LogP contribution in [-0.2, 0) is 15.7 Å². The summed E-state index contributed by atoms with van der Waals surface area (Å²) in [6, 6.07) is 12.8. The van der Waals surface area contributed by atoms with E-state index in [4.69, 9.17) is 22.2 Å². The fourth-order valence-corrected chi connectivity index (χ4v) is 4.90. The van der Waals surface area contributed by atoms with Gasteiger partial charge in [-0.25, -0.2) is 4.79 Å². The molecular weight excluding hydrogens is 463 g/mol. The van der Waals surface area contributed by atoms with Crippen molar-refractivity contribution in [1.29, 1.82) is 5.26 Å². The Morgan fingerprint density at radius 1 is 1.21 bits per heavy atom. The van der Waals surface area contributed by atoms with E-state index in [9.17, 15) is 18.0 Å². The first kappa shape index (κ1) is 23.8. The molecule has 176 valence electrons. The van der Waals surface area contributed by atoms with Crippen LogP contribution < -0.4 is 9.80 Å². The van der Waals surface area contributed by atoms with Gasteiger partial charge in [-0.15, -0.1) is 0 Å². The normalized spacial score (nSPS) is 17.2. The lowest BCUT2D eigenvalue weighted by atomic mass is 9.76. The number of nitriles is 1. The van der Waals surface area contributed by atoms with E-state index >= 15 is 0 Å². The molecule has 34 heavy (non-hydrogen) atoms. The monoisotopic (exact) mass is 485 g/mol. The summed E-state index contributed by atoms with van der Waals surface area (Å²) in [5.41, 5.74) is 0.302. The molecule has 0 bridgehead atoms. The van der Waals surface area contributed by atoms with Gasteiger partial charge in [0.2, 0.25) is 0 Å². The minimum atomic E-state index is -4.64. The van der Waals surface area contributed by atoms with Gasteiger partial charge in [0.05, 0.1) is 29.3 Å². The van der Waals surface area contributed by atoms with E-state index in [1.54, 1.807) is 24.0 Å². The topological polar surface area (TPSA) is 56.6 Å². The van der Waals surface area contributed by atoms with E-state index in [0.717, 1.165) is 36.6 Å². The minimum absolute atomic E-state index is 0.286. The number of ether oxygens (including phenoxy) is 1. The zero-order valence-electron chi connectivity index (χ0n) is 18.4. The summed E-state index contributed by atoms with van der Waals surface area (Å²) in [7, 11) is 0. The van der Waals surface area contributed by atoms with Gasteiger partial charge >= 0.3 is 12.1 Å². The van der Waals surface area contributed by atoms with Crippen LogP contribution >= 0.6 is 12.2 Å². The molecule has 2 aromatic carbocycles. The first-order chi connectivity index (χ1) is 16.2. The number of nitrogens with zero attached hydrogens (tertiary/aromatic N) is 3. The fourth-order valence-electron chi connectivity index (χ4n) is 4.43. The first-order valence-electron chi connectivity index (χ1n) is 10.9. The third-order valence-electron chi connectivity index (χ3n) is 6.22. The zero-order valence-corrected chi connectivity index (χ0v) is 19.2. The number of hydrogen-bond donors (Lipinski definition) is 0. The van der Waals surface area contributed by atoms with Crippen molar-refractivity contribution in [2.24, 2.45) is 0 Å². The van der Waals surface area contributed by atoms with E-state index in [0.29, 0.717) is 24.0 Å². The maximum Gasteiger partial charge on any atom is 0.417 e. The van der Waals surface area contributed by atoms with Crippen LogP contribution in [0.4, 0.5) is 24.5 Å². The number of rotatable bonds is 5. The van der Waals surface area contributed by atoms with Gasteiger partial charge in [-0.05, 0) is 80.4 Å². The predicted molar refractivity (Wildman–Crippen MR) is 127 cm³/mol. The summed E-state index contributed by atoms with van der Waals surface area (Å²) in [6.45, 7) is 2.51. The Morgan fingerprint density at radius 2 is 1.88 bits per heavy atom. The molecule has 2 fully saturated rings. The number of carbonyl (C=O) groups excluding carboxylic acids is 1. The first-order valence-corrected chi connectivity index (χ1v) is 11.3. The quantitative estimate of drug-likeness (QED) is 0.308. The molecule has 0 atom stereocenters. The van der Waals surface area contributed by atoms with Crippen LogP contribution in [-0.4, -0.2) is 29.8 Å². The number of halogens is 3. The standard InChI is InChI=1S/C25H22F3N3O2S/c1-2-33-22(32)11-6-17-4-8-19(9-5-17)31-23(34)30(16-24(31)12-3-13-24)20-10-7-18(15-29)21(14-20)25(26,27)28/h4-11,14H,2-3,12-13,16H2,1H3/b11-6+. The lowest BCUT2D eigenvalue weighted by Gasteiger charge is -2.45. The molecule has 0 radical (unpaired) electrons. The summed E-state index contributed by atoms with van der Waals surface area (Å²) >= 11 is 5.75. The molecule has 1 aliphatic heterocycles. The molecule has 1 spiro atoms. The van der Waals surface area contributed by atoms with Gasteiger partial charge in [0.15, 0.2) is 5.11 Å². The van der Waals surface area contributed by atoms with Gasteiger partial charge in [-0.3, -0.25) is 0 Å². The maximum absolute atomic E-state index is 13.5. The molecule has 1 saturated heterocycles. The molecule has 4 rings (SSSR count). The average molecular weight is 486 g/mol. The molecule has 5 nitrogen and oxygen atoms in total. The van der Waals surface area contributed by atoms with Crippen molar-refractivity contribution in [3.8, 4) is 6.07 Å². The number of alkyl halides is 3. The molecule has 2 aromatic rings. The summed E-state index contributed by atoms with van der Waals surface area (Å²) in [5, 5.41) is 9.52.